The summed E-state index contributed by atoms with van der Waals surface area (Å²) in [7, 11) is 3.69. The van der Waals surface area contributed by atoms with Gasteiger partial charge in [0.1, 0.15) is 0 Å². The van der Waals surface area contributed by atoms with Gasteiger partial charge < -0.3 is 15.0 Å². The first-order valence-electron chi connectivity index (χ1n) is 8.78. The summed E-state index contributed by atoms with van der Waals surface area (Å²) in [6, 6.07) is 0. The number of hydrogen-bond donors (Lipinski definition) is 1. The summed E-state index contributed by atoms with van der Waals surface area (Å²) in [5, 5.41) is 3.53. The highest BCUT2D eigenvalue weighted by Crippen LogP contribution is 2.28. The molecule has 1 atom stereocenters. The summed E-state index contributed by atoms with van der Waals surface area (Å²) in [6.45, 7) is 4.12. The molecule has 0 bridgehead atoms. The Kier molecular flexibility index (Phi) is 7.34. The number of nitrogens with one attached hydrogen (secondary N) is 1. The average molecular weight is 295 g/mol. The third-order valence-electron chi connectivity index (χ3n) is 5.00. The zero-order valence-electron chi connectivity index (χ0n) is 13.9. The van der Waals surface area contributed by atoms with Crippen molar-refractivity contribution in [3.05, 3.63) is 0 Å². The van der Waals surface area contributed by atoms with Gasteiger partial charge in [-0.2, -0.15) is 0 Å². The highest BCUT2D eigenvalue weighted by molar-refractivity contribution is 5.80. The zero-order valence-corrected chi connectivity index (χ0v) is 13.9. The molecule has 0 aromatic rings. The molecule has 1 saturated heterocycles. The minimum absolute atomic E-state index is 0.663. The number of ether oxygens (including phenoxy) is 1. The van der Waals surface area contributed by atoms with E-state index in [2.05, 4.69) is 15.2 Å². The van der Waals surface area contributed by atoms with Crippen LogP contribution in [0.15, 0.2) is 4.99 Å². The van der Waals surface area contributed by atoms with Crippen LogP contribution in [0.1, 0.15) is 51.4 Å². The number of hydrogen-bond acceptors (Lipinski definition) is 2. The second kappa shape index (κ2) is 9.29. The van der Waals surface area contributed by atoms with Gasteiger partial charge in [-0.3, -0.25) is 4.99 Å². The van der Waals surface area contributed by atoms with Gasteiger partial charge in [-0.25, -0.2) is 0 Å². The third kappa shape index (κ3) is 5.50. The molecule has 1 saturated carbocycles. The fraction of sp³-hybridized carbons (Fsp3) is 0.941. The zero-order chi connectivity index (χ0) is 14.9. The van der Waals surface area contributed by atoms with E-state index in [1.165, 1.54) is 51.4 Å². The Morgan fingerprint density at radius 3 is 2.71 bits per heavy atom. The Bertz CT molecular complexity index is 313. The van der Waals surface area contributed by atoms with Crippen LogP contribution in [0.3, 0.4) is 0 Å². The molecule has 2 fully saturated rings. The van der Waals surface area contributed by atoms with Crippen molar-refractivity contribution in [3.8, 4) is 0 Å². The Hall–Kier alpha value is -0.770. The number of aliphatic imine (C=N–C) groups is 1. The molecule has 0 radical (unpaired) electrons. The van der Waals surface area contributed by atoms with Gasteiger partial charge in [-0.15, -0.1) is 0 Å². The minimum atomic E-state index is 0.663. The first-order valence-corrected chi connectivity index (χ1v) is 8.78. The van der Waals surface area contributed by atoms with Crippen molar-refractivity contribution in [2.24, 2.45) is 16.8 Å². The molecule has 21 heavy (non-hydrogen) atoms. The van der Waals surface area contributed by atoms with Crippen molar-refractivity contribution in [1.29, 1.82) is 0 Å². The maximum atomic E-state index is 5.26. The second-order valence-electron chi connectivity index (χ2n) is 6.68. The first kappa shape index (κ1) is 16.6. The number of nitrogens with zero attached hydrogens (tertiary/aromatic N) is 2. The van der Waals surface area contributed by atoms with E-state index in [9.17, 15) is 0 Å². The fourth-order valence-electron chi connectivity index (χ4n) is 3.79. The topological polar surface area (TPSA) is 36.9 Å². The third-order valence-corrected chi connectivity index (χ3v) is 5.00. The SMILES string of the molecule is CN=C(NCCCCC1CCCC1)N1CCC(COC)C1. The van der Waals surface area contributed by atoms with Crippen LogP contribution in [0.2, 0.25) is 0 Å². The molecule has 1 aliphatic heterocycles. The standard InChI is InChI=1S/C17H33N3O/c1-18-17(20-12-10-16(13-20)14-21-2)19-11-6-5-9-15-7-3-4-8-15/h15-16H,3-14H2,1-2H3,(H,18,19). The summed E-state index contributed by atoms with van der Waals surface area (Å²) in [4.78, 5) is 6.81. The van der Waals surface area contributed by atoms with Gasteiger partial charge in [0.25, 0.3) is 0 Å². The molecule has 4 nitrogen and oxygen atoms in total. The highest BCUT2D eigenvalue weighted by atomic mass is 16.5. The van der Waals surface area contributed by atoms with Crippen molar-refractivity contribution in [1.82, 2.24) is 10.2 Å². The molecule has 0 aromatic heterocycles. The summed E-state index contributed by atoms with van der Waals surface area (Å²) < 4.78 is 5.26. The molecule has 0 spiro atoms. The second-order valence-corrected chi connectivity index (χ2v) is 6.68. The van der Waals surface area contributed by atoms with Crippen LogP contribution < -0.4 is 5.32 Å². The maximum absolute atomic E-state index is 5.26. The van der Waals surface area contributed by atoms with E-state index in [4.69, 9.17) is 4.74 Å². The fourth-order valence-corrected chi connectivity index (χ4v) is 3.79. The predicted molar refractivity (Wildman–Crippen MR) is 88.7 cm³/mol. The van der Waals surface area contributed by atoms with Gasteiger partial charge in [0.15, 0.2) is 5.96 Å². The number of likely N-dealkylation sites (tertiary alicyclic amines) is 1. The van der Waals surface area contributed by atoms with E-state index in [1.54, 1.807) is 7.11 Å². The van der Waals surface area contributed by atoms with Crippen LogP contribution in [-0.4, -0.2) is 51.3 Å². The molecule has 4 heteroatoms. The lowest BCUT2D eigenvalue weighted by Crippen LogP contribution is -2.40. The van der Waals surface area contributed by atoms with Gasteiger partial charge in [0.05, 0.1) is 6.61 Å². The van der Waals surface area contributed by atoms with Gasteiger partial charge in [-0.1, -0.05) is 38.5 Å². The Labute approximate surface area is 130 Å². The Morgan fingerprint density at radius 1 is 1.19 bits per heavy atom. The van der Waals surface area contributed by atoms with Crippen molar-refractivity contribution in [2.45, 2.75) is 51.4 Å². The van der Waals surface area contributed by atoms with Crippen molar-refractivity contribution >= 4 is 5.96 Å². The first-order chi connectivity index (χ1) is 10.3. The molecule has 1 heterocycles. The summed E-state index contributed by atoms with van der Waals surface area (Å²) in [5.41, 5.74) is 0. The van der Waals surface area contributed by atoms with E-state index in [1.807, 2.05) is 7.05 Å². The molecule has 0 amide bonds. The van der Waals surface area contributed by atoms with Gasteiger partial charge in [0.2, 0.25) is 0 Å². The molecular formula is C17H33N3O. The number of methoxy groups -OCH3 is 1. The Morgan fingerprint density at radius 2 is 2.00 bits per heavy atom. The summed E-state index contributed by atoms with van der Waals surface area (Å²) in [5.74, 6) is 2.77. The van der Waals surface area contributed by atoms with Crippen molar-refractivity contribution in [3.63, 3.8) is 0 Å². The maximum Gasteiger partial charge on any atom is 0.193 e. The van der Waals surface area contributed by atoms with Crippen LogP contribution in [-0.2, 0) is 4.74 Å². The summed E-state index contributed by atoms with van der Waals surface area (Å²) >= 11 is 0. The number of guanidine groups is 1. The molecule has 0 aromatic carbocycles. The molecule has 1 unspecified atom stereocenters. The smallest absolute Gasteiger partial charge is 0.193 e. The van der Waals surface area contributed by atoms with Crippen LogP contribution in [0.25, 0.3) is 0 Å². The normalized spacial score (nSPS) is 24.0. The minimum Gasteiger partial charge on any atom is -0.384 e. The van der Waals surface area contributed by atoms with Crippen LogP contribution in [0.4, 0.5) is 0 Å². The molecule has 2 aliphatic rings. The van der Waals surface area contributed by atoms with Crippen molar-refractivity contribution < 1.29 is 4.74 Å². The Balaban J connectivity index is 1.57. The van der Waals surface area contributed by atoms with E-state index < -0.39 is 0 Å². The lowest BCUT2D eigenvalue weighted by molar-refractivity contribution is 0.157. The van der Waals surface area contributed by atoms with Gasteiger partial charge in [0, 0.05) is 39.7 Å². The van der Waals surface area contributed by atoms with E-state index in [0.29, 0.717) is 5.92 Å². The van der Waals surface area contributed by atoms with Crippen LogP contribution in [0.5, 0.6) is 0 Å². The lowest BCUT2D eigenvalue weighted by atomic mass is 10.0. The largest absolute Gasteiger partial charge is 0.384 e. The van der Waals surface area contributed by atoms with Gasteiger partial charge in [-0.05, 0) is 18.8 Å². The summed E-state index contributed by atoms with van der Waals surface area (Å²) in [6.07, 6.45) is 11.2. The van der Waals surface area contributed by atoms with Crippen molar-refractivity contribution in [2.75, 3.05) is 40.4 Å². The monoisotopic (exact) mass is 295 g/mol. The van der Waals surface area contributed by atoms with E-state index in [-0.39, 0.29) is 0 Å². The molecule has 1 aliphatic carbocycles. The number of rotatable bonds is 7. The lowest BCUT2D eigenvalue weighted by Gasteiger charge is -2.21. The van der Waals surface area contributed by atoms with E-state index >= 15 is 0 Å². The molecule has 2 rings (SSSR count). The molecule has 1 N–H and O–H groups in total. The molecule has 122 valence electrons. The quantitative estimate of drug-likeness (QED) is 0.446. The highest BCUT2D eigenvalue weighted by Gasteiger charge is 2.24. The predicted octanol–water partition coefficient (Wildman–Crippen LogP) is 2.89. The number of unbranched alkanes of at least 4 members (excludes halogenated alkanes) is 1. The molecular weight excluding hydrogens is 262 g/mol. The van der Waals surface area contributed by atoms with Crippen LogP contribution in [0, 0.1) is 11.8 Å². The van der Waals surface area contributed by atoms with E-state index in [0.717, 1.165) is 38.1 Å². The van der Waals surface area contributed by atoms with Gasteiger partial charge >= 0.3 is 0 Å². The van der Waals surface area contributed by atoms with Crippen LogP contribution >= 0.6 is 0 Å². The average Bonchev–Trinajstić information content (AvgIpc) is 3.15.